The van der Waals surface area contributed by atoms with Crippen LogP contribution in [0.15, 0.2) is 77.7 Å². The van der Waals surface area contributed by atoms with Gasteiger partial charge < -0.3 is 5.32 Å². The summed E-state index contributed by atoms with van der Waals surface area (Å²) in [5.74, 6) is -0.503. The highest BCUT2D eigenvalue weighted by molar-refractivity contribution is 7.89. The second kappa shape index (κ2) is 9.81. The van der Waals surface area contributed by atoms with Crippen LogP contribution in [0.5, 0.6) is 0 Å². The quantitative estimate of drug-likeness (QED) is 0.484. The van der Waals surface area contributed by atoms with Gasteiger partial charge in [-0.15, -0.1) is 0 Å². The Morgan fingerprint density at radius 2 is 1.47 bits per heavy atom. The highest BCUT2D eigenvalue weighted by atomic mass is 35.5. The van der Waals surface area contributed by atoms with E-state index in [0.717, 1.165) is 4.31 Å². The smallest absolute Gasteiger partial charge is 0.243 e. The van der Waals surface area contributed by atoms with E-state index < -0.39 is 22.5 Å². The molecule has 0 aliphatic rings. The zero-order valence-corrected chi connectivity index (χ0v) is 18.6. The molecule has 0 radical (unpaired) electrons. The monoisotopic (exact) mass is 482 g/mol. The van der Waals surface area contributed by atoms with E-state index >= 15 is 0 Å². The Kier molecular flexibility index (Phi) is 7.39. The largest absolute Gasteiger partial charge is 0.325 e. The number of carbonyl (C=O) groups is 1. The highest BCUT2D eigenvalue weighted by Crippen LogP contribution is 2.22. The number of nitrogens with zero attached hydrogens (tertiary/aromatic N) is 1. The van der Waals surface area contributed by atoms with E-state index in [4.69, 9.17) is 34.8 Å². The number of anilines is 1. The SMILES string of the molecule is O=C(CN(Cc1cccc(Cl)c1)S(=O)(=O)c1ccc(Cl)cc1)Nc1cccc(Cl)c1. The predicted octanol–water partition coefficient (Wildman–Crippen LogP) is 5.48. The molecule has 0 aliphatic carbocycles. The Balaban J connectivity index is 1.88. The summed E-state index contributed by atoms with van der Waals surface area (Å²) in [6.07, 6.45) is 0. The van der Waals surface area contributed by atoms with Crippen LogP contribution in [-0.4, -0.2) is 25.2 Å². The molecule has 156 valence electrons. The summed E-state index contributed by atoms with van der Waals surface area (Å²) < 4.78 is 27.5. The lowest BCUT2D eigenvalue weighted by atomic mass is 10.2. The average molecular weight is 484 g/mol. The molecule has 1 amide bonds. The molecule has 0 spiro atoms. The minimum absolute atomic E-state index is 0.0319. The Morgan fingerprint density at radius 3 is 2.10 bits per heavy atom. The molecule has 0 aliphatic heterocycles. The van der Waals surface area contributed by atoms with E-state index in [1.807, 2.05) is 0 Å². The van der Waals surface area contributed by atoms with Crippen LogP contribution in [0.25, 0.3) is 0 Å². The third-order valence-electron chi connectivity index (χ3n) is 4.13. The van der Waals surface area contributed by atoms with Crippen LogP contribution in [0, 0.1) is 0 Å². The van der Waals surface area contributed by atoms with Gasteiger partial charge in [0.1, 0.15) is 0 Å². The second-order valence-electron chi connectivity index (χ2n) is 6.42. The van der Waals surface area contributed by atoms with Gasteiger partial charge in [0.05, 0.1) is 11.4 Å². The summed E-state index contributed by atoms with van der Waals surface area (Å²) in [4.78, 5) is 12.6. The Bertz CT molecular complexity index is 1150. The van der Waals surface area contributed by atoms with E-state index in [9.17, 15) is 13.2 Å². The van der Waals surface area contributed by atoms with Crippen molar-refractivity contribution in [3.63, 3.8) is 0 Å². The summed E-state index contributed by atoms with van der Waals surface area (Å²) in [6.45, 7) is -0.432. The lowest BCUT2D eigenvalue weighted by molar-refractivity contribution is -0.116. The highest BCUT2D eigenvalue weighted by Gasteiger charge is 2.27. The fourth-order valence-electron chi connectivity index (χ4n) is 2.75. The van der Waals surface area contributed by atoms with Crippen molar-refractivity contribution < 1.29 is 13.2 Å². The number of benzene rings is 3. The number of halogens is 3. The molecule has 0 saturated heterocycles. The number of hydrogen-bond donors (Lipinski definition) is 1. The van der Waals surface area contributed by atoms with Crippen LogP contribution >= 0.6 is 34.8 Å². The molecule has 0 heterocycles. The van der Waals surface area contributed by atoms with Gasteiger partial charge in [-0.2, -0.15) is 4.31 Å². The molecular formula is C21H17Cl3N2O3S. The van der Waals surface area contributed by atoms with Crippen LogP contribution in [0.1, 0.15) is 5.56 Å². The van der Waals surface area contributed by atoms with Gasteiger partial charge in [-0.1, -0.05) is 53.0 Å². The zero-order chi connectivity index (χ0) is 21.7. The average Bonchev–Trinajstić information content (AvgIpc) is 2.68. The summed E-state index contributed by atoms with van der Waals surface area (Å²) in [5.41, 5.74) is 1.12. The number of sulfonamides is 1. The molecule has 3 aromatic rings. The molecule has 3 rings (SSSR count). The van der Waals surface area contributed by atoms with Crippen LogP contribution in [-0.2, 0) is 21.4 Å². The summed E-state index contributed by atoms with van der Waals surface area (Å²) in [5, 5.41) is 4.01. The van der Waals surface area contributed by atoms with Crippen LogP contribution in [0.3, 0.4) is 0 Å². The molecule has 0 aromatic heterocycles. The van der Waals surface area contributed by atoms with Gasteiger partial charge in [0.2, 0.25) is 15.9 Å². The second-order valence-corrected chi connectivity index (χ2v) is 9.66. The lowest BCUT2D eigenvalue weighted by Gasteiger charge is -2.22. The predicted molar refractivity (Wildman–Crippen MR) is 121 cm³/mol. The van der Waals surface area contributed by atoms with Crippen LogP contribution in [0.2, 0.25) is 15.1 Å². The summed E-state index contributed by atoms with van der Waals surface area (Å²) in [7, 11) is -3.98. The Labute approximate surface area is 190 Å². The zero-order valence-electron chi connectivity index (χ0n) is 15.6. The van der Waals surface area contributed by atoms with E-state index in [1.165, 1.54) is 24.3 Å². The van der Waals surface area contributed by atoms with E-state index in [1.54, 1.807) is 48.5 Å². The maximum atomic E-state index is 13.2. The number of nitrogens with one attached hydrogen (secondary N) is 1. The van der Waals surface area contributed by atoms with Crippen molar-refractivity contribution in [2.24, 2.45) is 0 Å². The van der Waals surface area contributed by atoms with E-state index in [2.05, 4.69) is 5.32 Å². The first-order chi connectivity index (χ1) is 14.2. The van der Waals surface area contributed by atoms with Crippen molar-refractivity contribution in [2.45, 2.75) is 11.4 Å². The first kappa shape index (κ1) is 22.6. The minimum atomic E-state index is -3.98. The first-order valence-corrected chi connectivity index (χ1v) is 11.4. The molecule has 30 heavy (non-hydrogen) atoms. The van der Waals surface area contributed by atoms with Crippen molar-refractivity contribution in [1.82, 2.24) is 4.31 Å². The van der Waals surface area contributed by atoms with Crippen molar-refractivity contribution in [3.05, 3.63) is 93.4 Å². The van der Waals surface area contributed by atoms with Gasteiger partial charge in [-0.25, -0.2) is 8.42 Å². The van der Waals surface area contributed by atoms with Gasteiger partial charge in [-0.05, 0) is 60.2 Å². The lowest BCUT2D eigenvalue weighted by Crippen LogP contribution is -2.37. The normalized spacial score (nSPS) is 11.5. The van der Waals surface area contributed by atoms with Crippen LogP contribution in [0.4, 0.5) is 5.69 Å². The number of rotatable bonds is 7. The van der Waals surface area contributed by atoms with Crippen molar-refractivity contribution in [3.8, 4) is 0 Å². The molecule has 1 N–H and O–H groups in total. The fourth-order valence-corrected chi connectivity index (χ4v) is 4.66. The van der Waals surface area contributed by atoms with Gasteiger partial charge in [0.15, 0.2) is 0 Å². The van der Waals surface area contributed by atoms with Crippen molar-refractivity contribution in [1.29, 1.82) is 0 Å². The molecular weight excluding hydrogens is 467 g/mol. The van der Waals surface area contributed by atoms with Crippen molar-refractivity contribution in [2.75, 3.05) is 11.9 Å². The van der Waals surface area contributed by atoms with Gasteiger partial charge >= 0.3 is 0 Å². The fraction of sp³-hybridized carbons (Fsp3) is 0.0952. The number of hydrogen-bond acceptors (Lipinski definition) is 3. The van der Waals surface area contributed by atoms with Crippen LogP contribution < -0.4 is 5.32 Å². The molecule has 3 aromatic carbocycles. The molecule has 9 heteroatoms. The maximum absolute atomic E-state index is 13.2. The summed E-state index contributed by atoms with van der Waals surface area (Å²) in [6, 6.07) is 19.2. The Hall–Kier alpha value is -2.09. The first-order valence-electron chi connectivity index (χ1n) is 8.79. The molecule has 0 fully saturated rings. The molecule has 0 unspecified atom stereocenters. The molecule has 0 bridgehead atoms. The molecule has 0 saturated carbocycles. The Morgan fingerprint density at radius 1 is 0.833 bits per heavy atom. The minimum Gasteiger partial charge on any atom is -0.325 e. The van der Waals surface area contributed by atoms with E-state index in [-0.39, 0.29) is 11.4 Å². The standard InChI is InChI=1S/C21H17Cl3N2O3S/c22-16-7-9-20(10-8-16)30(28,29)26(13-15-3-1-4-17(23)11-15)14-21(27)25-19-6-2-5-18(24)12-19/h1-12H,13-14H2,(H,25,27). The van der Waals surface area contributed by atoms with E-state index in [0.29, 0.717) is 26.3 Å². The maximum Gasteiger partial charge on any atom is 0.243 e. The number of amides is 1. The molecule has 5 nitrogen and oxygen atoms in total. The molecule has 0 atom stereocenters. The van der Waals surface area contributed by atoms with Crippen molar-refractivity contribution >= 4 is 56.4 Å². The van der Waals surface area contributed by atoms with Gasteiger partial charge in [-0.3, -0.25) is 4.79 Å². The topological polar surface area (TPSA) is 66.5 Å². The summed E-state index contributed by atoms with van der Waals surface area (Å²) >= 11 is 17.8. The number of carbonyl (C=O) groups excluding carboxylic acids is 1. The third-order valence-corrected chi connectivity index (χ3v) is 6.66. The third kappa shape index (κ3) is 5.97. The van der Waals surface area contributed by atoms with Gasteiger partial charge in [0, 0.05) is 27.3 Å². The van der Waals surface area contributed by atoms with Gasteiger partial charge in [0.25, 0.3) is 0 Å².